The fourth-order valence-electron chi connectivity index (χ4n) is 3.32. The Kier molecular flexibility index (Phi) is 6.71. The molecular weight excluding hydrogens is 392 g/mol. The Bertz CT molecular complexity index is 911. The first-order valence-electron chi connectivity index (χ1n) is 9.45. The van der Waals surface area contributed by atoms with Crippen molar-refractivity contribution >= 4 is 21.6 Å². The number of rotatable bonds is 7. The highest BCUT2D eigenvalue weighted by Crippen LogP contribution is 2.23. The van der Waals surface area contributed by atoms with Crippen molar-refractivity contribution in [3.8, 4) is 5.75 Å². The standard InChI is InChI=1S/C20H26N4O4S/c1-23(29(26,27)19-4-3-11-21-14-19)15-20(25)22-16-9-12-24(13-10-16)17-5-7-18(28-2)8-6-17/h3-8,11,14,16H,9-10,12-13,15H2,1-2H3,(H,22,25). The zero-order valence-corrected chi connectivity index (χ0v) is 17.4. The predicted molar refractivity (Wildman–Crippen MR) is 110 cm³/mol. The van der Waals surface area contributed by atoms with Gasteiger partial charge in [-0.2, -0.15) is 4.31 Å². The molecule has 2 aromatic rings. The van der Waals surface area contributed by atoms with Gasteiger partial charge in [0, 0.05) is 44.3 Å². The van der Waals surface area contributed by atoms with Gasteiger partial charge in [-0.05, 0) is 49.2 Å². The number of piperidine rings is 1. The van der Waals surface area contributed by atoms with Crippen molar-refractivity contribution in [3.63, 3.8) is 0 Å². The van der Waals surface area contributed by atoms with Crippen LogP contribution in [0, 0.1) is 0 Å². The number of methoxy groups -OCH3 is 1. The summed E-state index contributed by atoms with van der Waals surface area (Å²) >= 11 is 0. The summed E-state index contributed by atoms with van der Waals surface area (Å²) in [6.45, 7) is 1.41. The Morgan fingerprint density at radius 1 is 1.24 bits per heavy atom. The molecule has 29 heavy (non-hydrogen) atoms. The van der Waals surface area contributed by atoms with Gasteiger partial charge in [0.05, 0.1) is 13.7 Å². The van der Waals surface area contributed by atoms with Crippen LogP contribution in [0.4, 0.5) is 5.69 Å². The van der Waals surface area contributed by atoms with Crippen LogP contribution >= 0.6 is 0 Å². The summed E-state index contributed by atoms with van der Waals surface area (Å²) in [4.78, 5) is 18.5. The number of amides is 1. The van der Waals surface area contributed by atoms with Crippen molar-refractivity contribution in [2.45, 2.75) is 23.8 Å². The van der Waals surface area contributed by atoms with Crippen molar-refractivity contribution in [3.05, 3.63) is 48.8 Å². The van der Waals surface area contributed by atoms with Crippen LogP contribution in [0.2, 0.25) is 0 Å². The zero-order valence-electron chi connectivity index (χ0n) is 16.6. The Balaban J connectivity index is 1.49. The van der Waals surface area contributed by atoms with Gasteiger partial charge < -0.3 is 15.0 Å². The summed E-state index contributed by atoms with van der Waals surface area (Å²) in [5.41, 5.74) is 1.12. The van der Waals surface area contributed by atoms with Crippen LogP contribution < -0.4 is 15.0 Å². The average Bonchev–Trinajstić information content (AvgIpc) is 2.75. The van der Waals surface area contributed by atoms with E-state index in [1.807, 2.05) is 24.3 Å². The molecule has 3 rings (SSSR count). The van der Waals surface area contributed by atoms with Crippen LogP contribution in [0.5, 0.6) is 5.75 Å². The molecule has 0 radical (unpaired) electrons. The monoisotopic (exact) mass is 418 g/mol. The number of pyridine rings is 1. The molecule has 156 valence electrons. The van der Waals surface area contributed by atoms with Gasteiger partial charge in [0.2, 0.25) is 15.9 Å². The van der Waals surface area contributed by atoms with E-state index in [9.17, 15) is 13.2 Å². The lowest BCUT2D eigenvalue weighted by Crippen LogP contribution is -2.47. The van der Waals surface area contributed by atoms with Crippen LogP contribution in [-0.4, -0.2) is 63.4 Å². The Hall–Kier alpha value is -2.65. The van der Waals surface area contributed by atoms with E-state index in [-0.39, 0.29) is 23.4 Å². The van der Waals surface area contributed by atoms with Crippen molar-refractivity contribution in [2.75, 3.05) is 38.7 Å². The van der Waals surface area contributed by atoms with Crippen LogP contribution in [0.25, 0.3) is 0 Å². The first kappa shape index (κ1) is 21.1. The van der Waals surface area contributed by atoms with Crippen LogP contribution in [0.1, 0.15) is 12.8 Å². The molecular formula is C20H26N4O4S. The van der Waals surface area contributed by atoms with Crippen molar-refractivity contribution in [2.24, 2.45) is 0 Å². The number of hydrogen-bond donors (Lipinski definition) is 1. The zero-order chi connectivity index (χ0) is 20.9. The molecule has 0 bridgehead atoms. The number of nitrogens with zero attached hydrogens (tertiary/aromatic N) is 3. The van der Waals surface area contributed by atoms with E-state index in [2.05, 4.69) is 15.2 Å². The second-order valence-electron chi connectivity index (χ2n) is 6.98. The number of carbonyl (C=O) groups excluding carboxylic acids is 1. The molecule has 0 aliphatic carbocycles. The molecule has 0 saturated carbocycles. The third kappa shape index (κ3) is 5.24. The first-order valence-corrected chi connectivity index (χ1v) is 10.9. The van der Waals surface area contributed by atoms with Crippen LogP contribution in [-0.2, 0) is 14.8 Å². The van der Waals surface area contributed by atoms with E-state index in [1.54, 1.807) is 13.2 Å². The molecule has 1 aliphatic rings. The van der Waals surface area contributed by atoms with Gasteiger partial charge in [0.25, 0.3) is 0 Å². The van der Waals surface area contributed by atoms with Crippen LogP contribution in [0.3, 0.4) is 0 Å². The molecule has 0 spiro atoms. The fourth-order valence-corrected chi connectivity index (χ4v) is 4.41. The topological polar surface area (TPSA) is 91.8 Å². The highest BCUT2D eigenvalue weighted by atomic mass is 32.2. The van der Waals surface area contributed by atoms with E-state index in [0.29, 0.717) is 0 Å². The Morgan fingerprint density at radius 3 is 2.52 bits per heavy atom. The van der Waals surface area contributed by atoms with Gasteiger partial charge in [-0.3, -0.25) is 9.78 Å². The molecule has 2 heterocycles. The van der Waals surface area contributed by atoms with E-state index >= 15 is 0 Å². The number of ether oxygens (including phenoxy) is 1. The molecule has 1 aromatic carbocycles. The molecule has 9 heteroatoms. The minimum absolute atomic E-state index is 0.0338. The summed E-state index contributed by atoms with van der Waals surface area (Å²) in [7, 11) is -0.695. The molecule has 0 atom stereocenters. The number of carbonyl (C=O) groups is 1. The lowest BCUT2D eigenvalue weighted by atomic mass is 10.0. The van der Waals surface area contributed by atoms with Gasteiger partial charge in [0.1, 0.15) is 10.6 Å². The Morgan fingerprint density at radius 2 is 1.93 bits per heavy atom. The van der Waals surface area contributed by atoms with Gasteiger partial charge in [-0.25, -0.2) is 8.42 Å². The second-order valence-corrected chi connectivity index (χ2v) is 9.02. The van der Waals surface area contributed by atoms with Crippen molar-refractivity contribution in [1.29, 1.82) is 0 Å². The number of sulfonamides is 1. The summed E-state index contributed by atoms with van der Waals surface area (Å²) in [6, 6.07) is 11.0. The maximum atomic E-state index is 12.5. The number of nitrogens with one attached hydrogen (secondary N) is 1. The van der Waals surface area contributed by atoms with Crippen LogP contribution in [0.15, 0.2) is 53.7 Å². The molecule has 0 unspecified atom stereocenters. The molecule has 1 aromatic heterocycles. The lowest BCUT2D eigenvalue weighted by molar-refractivity contribution is -0.121. The number of anilines is 1. The predicted octanol–water partition coefficient (Wildman–Crippen LogP) is 1.50. The molecule has 1 saturated heterocycles. The fraction of sp³-hybridized carbons (Fsp3) is 0.400. The molecule has 1 amide bonds. The normalized spacial score (nSPS) is 15.3. The largest absolute Gasteiger partial charge is 0.497 e. The number of aromatic nitrogens is 1. The van der Waals surface area contributed by atoms with Crippen molar-refractivity contribution in [1.82, 2.24) is 14.6 Å². The summed E-state index contributed by atoms with van der Waals surface area (Å²) < 4.78 is 31.2. The van der Waals surface area contributed by atoms with E-state index in [0.717, 1.165) is 41.7 Å². The van der Waals surface area contributed by atoms with Gasteiger partial charge in [-0.15, -0.1) is 0 Å². The molecule has 1 fully saturated rings. The first-order chi connectivity index (χ1) is 13.9. The molecule has 1 N–H and O–H groups in total. The Labute approximate surface area is 171 Å². The maximum absolute atomic E-state index is 12.5. The van der Waals surface area contributed by atoms with E-state index in [1.165, 1.54) is 25.5 Å². The average molecular weight is 419 g/mol. The second kappa shape index (κ2) is 9.23. The molecule has 8 nitrogen and oxygen atoms in total. The quantitative estimate of drug-likeness (QED) is 0.733. The third-order valence-corrected chi connectivity index (χ3v) is 6.79. The van der Waals surface area contributed by atoms with Gasteiger partial charge in [-0.1, -0.05) is 0 Å². The minimum Gasteiger partial charge on any atom is -0.497 e. The number of benzene rings is 1. The highest BCUT2D eigenvalue weighted by molar-refractivity contribution is 7.89. The maximum Gasteiger partial charge on any atom is 0.244 e. The van der Waals surface area contributed by atoms with Gasteiger partial charge in [0.15, 0.2) is 0 Å². The SMILES string of the molecule is COc1ccc(N2CCC(NC(=O)CN(C)S(=O)(=O)c3cccnc3)CC2)cc1. The highest BCUT2D eigenvalue weighted by Gasteiger charge is 2.25. The third-order valence-electron chi connectivity index (χ3n) is 5.01. The number of hydrogen-bond acceptors (Lipinski definition) is 6. The summed E-state index contributed by atoms with van der Waals surface area (Å²) in [5.74, 6) is 0.518. The van der Waals surface area contributed by atoms with Gasteiger partial charge >= 0.3 is 0 Å². The summed E-state index contributed by atoms with van der Waals surface area (Å²) in [5, 5.41) is 2.96. The summed E-state index contributed by atoms with van der Waals surface area (Å²) in [6.07, 6.45) is 4.39. The van der Waals surface area contributed by atoms with E-state index in [4.69, 9.17) is 4.74 Å². The lowest BCUT2D eigenvalue weighted by Gasteiger charge is -2.34. The number of likely N-dealkylation sites (N-methyl/N-ethyl adjacent to an activating group) is 1. The smallest absolute Gasteiger partial charge is 0.244 e. The van der Waals surface area contributed by atoms with Crippen molar-refractivity contribution < 1.29 is 17.9 Å². The molecule has 1 aliphatic heterocycles. The van der Waals surface area contributed by atoms with E-state index < -0.39 is 10.0 Å². The minimum atomic E-state index is -3.73.